The number of rotatable bonds is 5. The molecule has 0 aromatic carbocycles. The third-order valence-corrected chi connectivity index (χ3v) is 4.36. The maximum atomic E-state index is 9.60. The van der Waals surface area contributed by atoms with Crippen molar-refractivity contribution < 1.29 is 9.53 Å². The number of hydrogen-bond donors (Lipinski definition) is 2. The van der Waals surface area contributed by atoms with Gasteiger partial charge in [-0.25, -0.2) is 9.97 Å². The van der Waals surface area contributed by atoms with Crippen molar-refractivity contribution in [1.82, 2.24) is 15.3 Å². The number of hydrogen-bond acceptors (Lipinski definition) is 6. The van der Waals surface area contributed by atoms with Crippen LogP contribution in [0.4, 0.5) is 5.95 Å². The Hall–Kier alpha value is -1.21. The van der Waals surface area contributed by atoms with E-state index in [0.29, 0.717) is 24.6 Å². The van der Waals surface area contributed by atoms with Crippen molar-refractivity contribution in [2.75, 3.05) is 5.32 Å². The molecular formula is C18H31BrN4O2. The molecule has 0 saturated carbocycles. The zero-order chi connectivity index (χ0) is 18.9. The van der Waals surface area contributed by atoms with Gasteiger partial charge in [-0.15, -0.1) is 0 Å². The Balaban J connectivity index is 0.000000381. The zero-order valence-electron chi connectivity index (χ0n) is 15.9. The highest BCUT2D eigenvalue weighted by Gasteiger charge is 2.26. The summed E-state index contributed by atoms with van der Waals surface area (Å²) >= 11 is 3.35. The molecule has 0 bridgehead atoms. The summed E-state index contributed by atoms with van der Waals surface area (Å²) in [7, 11) is 0. The van der Waals surface area contributed by atoms with Crippen molar-refractivity contribution in [3.05, 3.63) is 16.9 Å². The first-order chi connectivity index (χ1) is 11.8. The van der Waals surface area contributed by atoms with Gasteiger partial charge in [-0.05, 0) is 62.4 Å². The number of piperidine rings is 1. The van der Waals surface area contributed by atoms with Crippen LogP contribution in [0.3, 0.4) is 0 Å². The smallest absolute Gasteiger partial charge is 0.293 e. The zero-order valence-corrected chi connectivity index (χ0v) is 17.5. The van der Waals surface area contributed by atoms with Crippen LogP contribution in [0.15, 0.2) is 16.9 Å². The SMILES string of the molecule is CC(C)(C)OC=O.CCC1CC(Nc2ncc(Br)cn2)CC(CC)N1. The summed E-state index contributed by atoms with van der Waals surface area (Å²) in [5.74, 6) is 0.731. The fourth-order valence-electron chi connectivity index (χ4n) is 2.65. The van der Waals surface area contributed by atoms with Crippen LogP contribution in [0.25, 0.3) is 0 Å². The van der Waals surface area contributed by atoms with E-state index >= 15 is 0 Å². The number of halogens is 1. The van der Waals surface area contributed by atoms with Gasteiger partial charge in [-0.1, -0.05) is 13.8 Å². The van der Waals surface area contributed by atoms with E-state index in [0.717, 1.165) is 23.3 Å². The van der Waals surface area contributed by atoms with Gasteiger partial charge in [-0.2, -0.15) is 0 Å². The topological polar surface area (TPSA) is 76.1 Å². The summed E-state index contributed by atoms with van der Waals surface area (Å²) in [6, 6.07) is 1.69. The normalized spacial score (nSPS) is 23.2. The molecule has 0 aliphatic carbocycles. The van der Waals surface area contributed by atoms with Crippen molar-refractivity contribution in [3.63, 3.8) is 0 Å². The Bertz CT molecular complexity index is 493. The minimum Gasteiger partial charge on any atom is -0.462 e. The van der Waals surface area contributed by atoms with E-state index in [1.54, 1.807) is 12.4 Å². The first kappa shape index (κ1) is 21.8. The van der Waals surface area contributed by atoms with Gasteiger partial charge in [0.15, 0.2) is 0 Å². The summed E-state index contributed by atoms with van der Waals surface area (Å²) in [4.78, 5) is 18.2. The molecule has 25 heavy (non-hydrogen) atoms. The van der Waals surface area contributed by atoms with Gasteiger partial charge in [0.1, 0.15) is 5.60 Å². The van der Waals surface area contributed by atoms with E-state index in [4.69, 9.17) is 0 Å². The second-order valence-electron chi connectivity index (χ2n) is 7.24. The van der Waals surface area contributed by atoms with Crippen LogP contribution in [0.2, 0.25) is 0 Å². The molecule has 2 unspecified atom stereocenters. The van der Waals surface area contributed by atoms with Gasteiger partial charge in [0, 0.05) is 30.5 Å². The van der Waals surface area contributed by atoms with Gasteiger partial charge in [-0.3, -0.25) is 4.79 Å². The maximum Gasteiger partial charge on any atom is 0.293 e. The van der Waals surface area contributed by atoms with Crippen molar-refractivity contribution >= 4 is 28.4 Å². The van der Waals surface area contributed by atoms with E-state index in [1.807, 2.05) is 20.8 Å². The van der Waals surface area contributed by atoms with Crippen molar-refractivity contribution in [2.45, 2.75) is 84.0 Å². The molecule has 0 spiro atoms. The molecule has 142 valence electrons. The van der Waals surface area contributed by atoms with E-state index in [-0.39, 0.29) is 5.60 Å². The van der Waals surface area contributed by atoms with Crippen molar-refractivity contribution in [3.8, 4) is 0 Å². The maximum absolute atomic E-state index is 9.60. The van der Waals surface area contributed by atoms with Crippen molar-refractivity contribution in [2.24, 2.45) is 0 Å². The molecule has 0 amide bonds. The van der Waals surface area contributed by atoms with Crippen molar-refractivity contribution in [1.29, 1.82) is 0 Å². The highest BCUT2D eigenvalue weighted by molar-refractivity contribution is 9.10. The molecule has 7 heteroatoms. The lowest BCUT2D eigenvalue weighted by Crippen LogP contribution is -2.49. The third kappa shape index (κ3) is 9.16. The molecule has 1 saturated heterocycles. The summed E-state index contributed by atoms with van der Waals surface area (Å²) < 4.78 is 5.46. The van der Waals surface area contributed by atoms with Crippen LogP contribution in [0, 0.1) is 0 Å². The molecule has 2 rings (SSSR count). The number of nitrogens with zero attached hydrogens (tertiary/aromatic N) is 2. The summed E-state index contributed by atoms with van der Waals surface area (Å²) in [6.07, 6.45) is 8.21. The first-order valence-corrected chi connectivity index (χ1v) is 9.68. The van der Waals surface area contributed by atoms with Crippen LogP contribution in [-0.2, 0) is 9.53 Å². The van der Waals surface area contributed by atoms with Crippen LogP contribution in [0.1, 0.15) is 60.3 Å². The minimum absolute atomic E-state index is 0.318. The minimum atomic E-state index is -0.318. The lowest BCUT2D eigenvalue weighted by Gasteiger charge is -2.36. The fourth-order valence-corrected chi connectivity index (χ4v) is 2.86. The Labute approximate surface area is 159 Å². The molecule has 2 atom stereocenters. The average molecular weight is 415 g/mol. The monoisotopic (exact) mass is 414 g/mol. The van der Waals surface area contributed by atoms with Gasteiger partial charge in [0.05, 0.1) is 4.47 Å². The van der Waals surface area contributed by atoms with Crippen LogP contribution >= 0.6 is 15.9 Å². The summed E-state index contributed by atoms with van der Waals surface area (Å²) in [6.45, 7) is 10.4. The Morgan fingerprint density at radius 2 is 1.76 bits per heavy atom. The van der Waals surface area contributed by atoms with Gasteiger partial charge >= 0.3 is 0 Å². The van der Waals surface area contributed by atoms with Gasteiger partial charge < -0.3 is 15.4 Å². The number of carbonyl (C=O) groups is 1. The number of ether oxygens (including phenoxy) is 1. The molecule has 2 heterocycles. The highest BCUT2D eigenvalue weighted by Crippen LogP contribution is 2.20. The fraction of sp³-hybridized carbons (Fsp3) is 0.722. The molecule has 1 aromatic heterocycles. The lowest BCUT2D eigenvalue weighted by atomic mass is 9.91. The van der Waals surface area contributed by atoms with Crippen LogP contribution in [-0.4, -0.2) is 40.2 Å². The van der Waals surface area contributed by atoms with Gasteiger partial charge in [0.2, 0.25) is 5.95 Å². The predicted molar refractivity (Wildman–Crippen MR) is 105 cm³/mol. The molecule has 0 radical (unpaired) electrons. The molecule has 1 aromatic rings. The molecule has 6 nitrogen and oxygen atoms in total. The van der Waals surface area contributed by atoms with Crippen LogP contribution in [0.5, 0.6) is 0 Å². The Kier molecular flexibility index (Phi) is 9.35. The van der Waals surface area contributed by atoms with Crippen LogP contribution < -0.4 is 10.6 Å². The molecule has 1 aliphatic rings. The van der Waals surface area contributed by atoms with E-state index in [9.17, 15) is 4.79 Å². The highest BCUT2D eigenvalue weighted by atomic mass is 79.9. The number of anilines is 1. The molecule has 1 fully saturated rings. The standard InChI is InChI=1S/C13H21BrN4.C5H10O2/c1-3-10-5-12(6-11(4-2)17-10)18-13-15-7-9(14)8-16-13;1-5(2,3)7-4-6/h7-8,10-12,17H,3-6H2,1-2H3,(H,15,16,18);4H,1-3H3. The predicted octanol–water partition coefficient (Wildman–Crippen LogP) is 3.92. The van der Waals surface area contributed by atoms with E-state index in [1.165, 1.54) is 12.8 Å². The number of aromatic nitrogens is 2. The summed E-state index contributed by atoms with van der Waals surface area (Å²) in [5, 5.41) is 7.14. The largest absolute Gasteiger partial charge is 0.462 e. The quantitative estimate of drug-likeness (QED) is 0.710. The third-order valence-electron chi connectivity index (χ3n) is 3.95. The second-order valence-corrected chi connectivity index (χ2v) is 8.16. The number of carbonyl (C=O) groups excluding carboxylic acids is 1. The average Bonchev–Trinajstić information content (AvgIpc) is 2.56. The Morgan fingerprint density at radius 1 is 1.24 bits per heavy atom. The lowest BCUT2D eigenvalue weighted by molar-refractivity contribution is -0.138. The molecule has 1 aliphatic heterocycles. The van der Waals surface area contributed by atoms with Gasteiger partial charge in [0.25, 0.3) is 6.47 Å². The molecular weight excluding hydrogens is 384 g/mol. The Morgan fingerprint density at radius 3 is 2.12 bits per heavy atom. The van der Waals surface area contributed by atoms with E-state index in [2.05, 4.69) is 55.1 Å². The number of nitrogens with one attached hydrogen (secondary N) is 2. The molecule has 2 N–H and O–H groups in total. The second kappa shape index (κ2) is 10.7. The summed E-state index contributed by atoms with van der Waals surface area (Å²) in [5.41, 5.74) is -0.318. The van der Waals surface area contributed by atoms with E-state index < -0.39 is 0 Å². The first-order valence-electron chi connectivity index (χ1n) is 8.89.